The second-order valence-corrected chi connectivity index (χ2v) is 5.78. The minimum atomic E-state index is -0.250. The summed E-state index contributed by atoms with van der Waals surface area (Å²) in [6, 6.07) is 0. The lowest BCUT2D eigenvalue weighted by atomic mass is 9.84. The van der Waals surface area contributed by atoms with Gasteiger partial charge in [0.25, 0.3) is 6.47 Å². The number of rotatable bonds is 6. The van der Waals surface area contributed by atoms with E-state index in [2.05, 4.69) is 10.2 Å². The Bertz CT molecular complexity index is 308. The molecule has 0 aromatic rings. The number of hydrogen-bond donors (Lipinski definition) is 2. The molecule has 21 heavy (non-hydrogen) atoms. The zero-order valence-electron chi connectivity index (χ0n) is 12.9. The van der Waals surface area contributed by atoms with Crippen LogP contribution >= 0.6 is 0 Å². The summed E-state index contributed by atoms with van der Waals surface area (Å²) in [6.45, 7) is 4.72. The second kappa shape index (κ2) is 10.6. The summed E-state index contributed by atoms with van der Waals surface area (Å²) in [5.41, 5.74) is 0. The average Bonchev–Trinajstić information content (AvgIpc) is 2.42. The largest absolute Gasteiger partial charge is 0.483 e. The van der Waals surface area contributed by atoms with Crippen LogP contribution in [0.25, 0.3) is 0 Å². The SMILES string of the molecule is COCCN1CCCC(CNC(=O)C2CCC2)C1.O=CO. The quantitative estimate of drug-likeness (QED) is 0.714. The lowest BCUT2D eigenvalue weighted by Crippen LogP contribution is -2.43. The van der Waals surface area contributed by atoms with Gasteiger partial charge in [-0.3, -0.25) is 9.59 Å². The first-order chi connectivity index (χ1) is 10.2. The molecule has 2 fully saturated rings. The molecule has 2 rings (SSSR count). The molecule has 1 aliphatic heterocycles. The Hall–Kier alpha value is -1.14. The number of hydrogen-bond acceptors (Lipinski definition) is 4. The van der Waals surface area contributed by atoms with Crippen LogP contribution in [-0.4, -0.2) is 62.3 Å². The molecule has 1 unspecified atom stereocenters. The molecular formula is C15H28N2O4. The molecule has 122 valence electrons. The molecule has 0 spiro atoms. The predicted octanol–water partition coefficient (Wildman–Crippen LogP) is 0.962. The average molecular weight is 300 g/mol. The van der Waals surface area contributed by atoms with E-state index in [1.807, 2.05) is 0 Å². The van der Waals surface area contributed by atoms with E-state index in [9.17, 15) is 4.79 Å². The lowest BCUT2D eigenvalue weighted by molar-refractivity contribution is -0.127. The molecule has 1 amide bonds. The second-order valence-electron chi connectivity index (χ2n) is 5.78. The first-order valence-corrected chi connectivity index (χ1v) is 7.78. The van der Waals surface area contributed by atoms with Gasteiger partial charge in [0.05, 0.1) is 6.61 Å². The zero-order valence-corrected chi connectivity index (χ0v) is 12.9. The highest BCUT2D eigenvalue weighted by molar-refractivity contribution is 5.79. The third-order valence-corrected chi connectivity index (χ3v) is 4.26. The summed E-state index contributed by atoms with van der Waals surface area (Å²) < 4.78 is 5.12. The van der Waals surface area contributed by atoms with Crippen molar-refractivity contribution in [3.8, 4) is 0 Å². The molecule has 1 aliphatic carbocycles. The molecule has 1 saturated carbocycles. The Morgan fingerprint density at radius 3 is 2.67 bits per heavy atom. The summed E-state index contributed by atoms with van der Waals surface area (Å²) in [6.07, 6.45) is 5.90. The van der Waals surface area contributed by atoms with Gasteiger partial charge in [0.2, 0.25) is 5.91 Å². The summed E-state index contributed by atoms with van der Waals surface area (Å²) >= 11 is 0. The fraction of sp³-hybridized carbons (Fsp3) is 0.867. The van der Waals surface area contributed by atoms with Gasteiger partial charge in [-0.05, 0) is 38.1 Å². The van der Waals surface area contributed by atoms with Gasteiger partial charge >= 0.3 is 0 Å². The van der Waals surface area contributed by atoms with Crippen molar-refractivity contribution in [1.29, 1.82) is 0 Å². The maximum Gasteiger partial charge on any atom is 0.290 e. The van der Waals surface area contributed by atoms with Gasteiger partial charge in [0.15, 0.2) is 0 Å². The summed E-state index contributed by atoms with van der Waals surface area (Å²) in [5.74, 6) is 1.23. The molecule has 1 atom stereocenters. The van der Waals surface area contributed by atoms with E-state index < -0.39 is 0 Å². The van der Waals surface area contributed by atoms with Crippen LogP contribution in [0.3, 0.4) is 0 Å². The van der Waals surface area contributed by atoms with Gasteiger partial charge in [0, 0.05) is 32.7 Å². The van der Waals surface area contributed by atoms with Crippen LogP contribution in [-0.2, 0) is 14.3 Å². The van der Waals surface area contributed by atoms with E-state index in [4.69, 9.17) is 14.6 Å². The van der Waals surface area contributed by atoms with Crippen molar-refractivity contribution >= 4 is 12.4 Å². The number of piperidine rings is 1. The van der Waals surface area contributed by atoms with E-state index >= 15 is 0 Å². The summed E-state index contributed by atoms with van der Waals surface area (Å²) in [4.78, 5) is 22.6. The number of carbonyl (C=O) groups excluding carboxylic acids is 1. The number of amides is 1. The molecule has 1 heterocycles. The fourth-order valence-electron chi connectivity index (χ4n) is 2.80. The van der Waals surface area contributed by atoms with Crippen molar-refractivity contribution in [2.75, 3.05) is 39.9 Å². The van der Waals surface area contributed by atoms with Gasteiger partial charge in [-0.1, -0.05) is 6.42 Å². The standard InChI is InChI=1S/C14H26N2O2.CH2O2/c1-18-9-8-16-7-3-4-12(11-16)10-15-14(17)13-5-2-6-13;2-1-3/h12-13H,2-11H2,1H3,(H,15,17);1H,(H,2,3). The molecule has 1 saturated heterocycles. The van der Waals surface area contributed by atoms with E-state index in [0.717, 1.165) is 39.1 Å². The van der Waals surface area contributed by atoms with Gasteiger partial charge < -0.3 is 20.1 Å². The molecule has 2 aliphatic rings. The normalized spacial score (nSPS) is 22.6. The molecule has 0 aromatic carbocycles. The molecule has 6 nitrogen and oxygen atoms in total. The van der Waals surface area contributed by atoms with Gasteiger partial charge in [-0.15, -0.1) is 0 Å². The van der Waals surface area contributed by atoms with Crippen LogP contribution < -0.4 is 5.32 Å². The highest BCUT2D eigenvalue weighted by Crippen LogP contribution is 2.26. The smallest absolute Gasteiger partial charge is 0.290 e. The van der Waals surface area contributed by atoms with Gasteiger partial charge in [-0.2, -0.15) is 0 Å². The molecule has 2 N–H and O–H groups in total. The Labute approximate surface area is 126 Å². The van der Waals surface area contributed by atoms with Crippen LogP contribution in [0, 0.1) is 11.8 Å². The highest BCUT2D eigenvalue weighted by atomic mass is 16.5. The third-order valence-electron chi connectivity index (χ3n) is 4.26. The van der Waals surface area contributed by atoms with Crippen molar-refractivity contribution < 1.29 is 19.4 Å². The van der Waals surface area contributed by atoms with E-state index in [-0.39, 0.29) is 12.4 Å². The van der Waals surface area contributed by atoms with Crippen LogP contribution in [0.4, 0.5) is 0 Å². The van der Waals surface area contributed by atoms with E-state index in [1.54, 1.807) is 7.11 Å². The zero-order chi connectivity index (χ0) is 15.5. The third kappa shape index (κ3) is 6.91. The minimum absolute atomic E-state index is 0.250. The number of likely N-dealkylation sites (tertiary alicyclic amines) is 1. The topological polar surface area (TPSA) is 78.9 Å². The minimum Gasteiger partial charge on any atom is -0.483 e. The Balaban J connectivity index is 0.000000677. The monoisotopic (exact) mass is 300 g/mol. The fourth-order valence-corrected chi connectivity index (χ4v) is 2.80. The molecule has 6 heteroatoms. The van der Waals surface area contributed by atoms with Crippen molar-refractivity contribution in [3.63, 3.8) is 0 Å². The van der Waals surface area contributed by atoms with Crippen LogP contribution in [0.2, 0.25) is 0 Å². The molecule has 0 radical (unpaired) electrons. The number of nitrogens with one attached hydrogen (secondary N) is 1. The lowest BCUT2D eigenvalue weighted by Gasteiger charge is -2.33. The van der Waals surface area contributed by atoms with Gasteiger partial charge in [-0.25, -0.2) is 0 Å². The van der Waals surface area contributed by atoms with Crippen molar-refractivity contribution in [2.45, 2.75) is 32.1 Å². The number of carboxylic acid groups (broad SMARTS) is 1. The highest BCUT2D eigenvalue weighted by Gasteiger charge is 2.26. The van der Waals surface area contributed by atoms with Crippen LogP contribution in [0.15, 0.2) is 0 Å². The Morgan fingerprint density at radius 2 is 2.10 bits per heavy atom. The van der Waals surface area contributed by atoms with E-state index in [1.165, 1.54) is 25.8 Å². The van der Waals surface area contributed by atoms with Crippen molar-refractivity contribution in [3.05, 3.63) is 0 Å². The number of ether oxygens (including phenoxy) is 1. The van der Waals surface area contributed by atoms with Gasteiger partial charge in [0.1, 0.15) is 0 Å². The number of carbonyl (C=O) groups is 2. The molecule has 0 bridgehead atoms. The van der Waals surface area contributed by atoms with Crippen molar-refractivity contribution in [1.82, 2.24) is 10.2 Å². The summed E-state index contributed by atoms with van der Waals surface area (Å²) in [5, 5.41) is 10.0. The molecule has 0 aromatic heterocycles. The summed E-state index contributed by atoms with van der Waals surface area (Å²) in [7, 11) is 1.75. The predicted molar refractivity (Wildman–Crippen MR) is 80.1 cm³/mol. The first kappa shape index (κ1) is 17.9. The van der Waals surface area contributed by atoms with E-state index in [0.29, 0.717) is 11.8 Å². The number of nitrogens with zero attached hydrogens (tertiary/aromatic N) is 1. The maximum atomic E-state index is 11.8. The van der Waals surface area contributed by atoms with Crippen LogP contribution in [0.1, 0.15) is 32.1 Å². The molecular weight excluding hydrogens is 272 g/mol. The number of methoxy groups -OCH3 is 1. The maximum absolute atomic E-state index is 11.8. The Morgan fingerprint density at radius 1 is 1.38 bits per heavy atom. The first-order valence-electron chi connectivity index (χ1n) is 7.78. The Kier molecular flexibility index (Phi) is 9.01. The van der Waals surface area contributed by atoms with Crippen LogP contribution in [0.5, 0.6) is 0 Å². The van der Waals surface area contributed by atoms with Crippen molar-refractivity contribution in [2.24, 2.45) is 11.8 Å².